The largest absolute Gasteiger partial charge is 0.319 e. The topological polar surface area (TPSA) is 68.0 Å². The maximum Gasteiger partial charge on any atom is 0.243 e. The van der Waals surface area contributed by atoms with E-state index in [4.69, 9.17) is 12.2 Å². The first-order valence-corrected chi connectivity index (χ1v) is 4.57. The molecular formula is C11H13N3O. The molecule has 0 aromatic carbocycles. The molecule has 15 heavy (non-hydrogen) atoms. The number of rotatable bonds is 3. The number of anilines is 1. The highest BCUT2D eigenvalue weighted by molar-refractivity contribution is 5.94. The zero-order valence-electron chi connectivity index (χ0n) is 8.53. The van der Waals surface area contributed by atoms with Crippen molar-refractivity contribution < 1.29 is 4.79 Å². The van der Waals surface area contributed by atoms with Crippen LogP contribution < -0.4 is 11.1 Å². The van der Waals surface area contributed by atoms with Crippen molar-refractivity contribution in [1.82, 2.24) is 4.98 Å². The molecular weight excluding hydrogens is 190 g/mol. The zero-order valence-corrected chi connectivity index (χ0v) is 8.53. The van der Waals surface area contributed by atoms with Crippen LogP contribution in [0.2, 0.25) is 0 Å². The van der Waals surface area contributed by atoms with Gasteiger partial charge in [0.15, 0.2) is 0 Å². The fourth-order valence-corrected chi connectivity index (χ4v) is 1.05. The lowest BCUT2D eigenvalue weighted by Gasteiger charge is -2.08. The van der Waals surface area contributed by atoms with Crippen LogP contribution in [0.4, 0.5) is 5.82 Å². The van der Waals surface area contributed by atoms with E-state index in [0.717, 1.165) is 5.69 Å². The predicted octanol–water partition coefficient (Wildman–Crippen LogP) is 0.679. The van der Waals surface area contributed by atoms with E-state index >= 15 is 0 Å². The van der Waals surface area contributed by atoms with Crippen molar-refractivity contribution in [3.8, 4) is 12.3 Å². The van der Waals surface area contributed by atoms with Crippen molar-refractivity contribution in [3.05, 3.63) is 23.9 Å². The Hall–Kier alpha value is -1.86. The minimum atomic E-state index is -0.683. The smallest absolute Gasteiger partial charge is 0.243 e. The van der Waals surface area contributed by atoms with Gasteiger partial charge in [0.25, 0.3) is 0 Å². The third kappa shape index (κ3) is 3.41. The molecule has 78 valence electrons. The number of aromatic nitrogens is 1. The Balaban J connectivity index is 2.63. The van der Waals surface area contributed by atoms with Gasteiger partial charge in [-0.05, 0) is 19.1 Å². The first-order chi connectivity index (χ1) is 7.13. The fraction of sp³-hybridized carbons (Fsp3) is 0.273. The summed E-state index contributed by atoms with van der Waals surface area (Å²) in [7, 11) is 0. The first-order valence-electron chi connectivity index (χ1n) is 4.57. The van der Waals surface area contributed by atoms with E-state index in [1.165, 1.54) is 0 Å². The van der Waals surface area contributed by atoms with Crippen LogP contribution in [0.1, 0.15) is 12.1 Å². The van der Waals surface area contributed by atoms with Crippen molar-refractivity contribution in [1.29, 1.82) is 0 Å². The molecule has 1 amide bonds. The highest BCUT2D eigenvalue weighted by atomic mass is 16.2. The van der Waals surface area contributed by atoms with Gasteiger partial charge in [-0.25, -0.2) is 4.98 Å². The van der Waals surface area contributed by atoms with Crippen LogP contribution in [0.25, 0.3) is 0 Å². The second-order valence-corrected chi connectivity index (χ2v) is 3.17. The molecule has 0 spiro atoms. The maximum absolute atomic E-state index is 11.4. The number of hydrogen-bond acceptors (Lipinski definition) is 3. The number of terminal acetylenes is 1. The molecule has 0 fully saturated rings. The Labute approximate surface area is 88.9 Å². The summed E-state index contributed by atoms with van der Waals surface area (Å²) >= 11 is 0. The second kappa shape index (κ2) is 5.13. The van der Waals surface area contributed by atoms with Crippen molar-refractivity contribution in [3.63, 3.8) is 0 Å². The van der Waals surface area contributed by atoms with Crippen molar-refractivity contribution in [2.24, 2.45) is 5.73 Å². The van der Waals surface area contributed by atoms with Crippen LogP contribution in [0.3, 0.4) is 0 Å². The molecule has 4 nitrogen and oxygen atoms in total. The van der Waals surface area contributed by atoms with Gasteiger partial charge < -0.3 is 11.1 Å². The second-order valence-electron chi connectivity index (χ2n) is 3.17. The van der Waals surface area contributed by atoms with Crippen molar-refractivity contribution in [2.75, 3.05) is 5.32 Å². The van der Waals surface area contributed by atoms with E-state index in [2.05, 4.69) is 16.2 Å². The van der Waals surface area contributed by atoms with Gasteiger partial charge in [-0.2, -0.15) is 0 Å². The molecule has 1 aromatic heterocycles. The third-order valence-corrected chi connectivity index (χ3v) is 1.81. The summed E-state index contributed by atoms with van der Waals surface area (Å²) in [5.41, 5.74) is 6.36. The number of carbonyl (C=O) groups excluding carboxylic acids is 1. The van der Waals surface area contributed by atoms with Gasteiger partial charge in [-0.3, -0.25) is 4.79 Å². The highest BCUT2D eigenvalue weighted by Crippen LogP contribution is 2.04. The highest BCUT2D eigenvalue weighted by Gasteiger charge is 2.12. The number of carbonyl (C=O) groups is 1. The van der Waals surface area contributed by atoms with Crippen LogP contribution in [-0.4, -0.2) is 16.9 Å². The Kier molecular flexibility index (Phi) is 3.83. The van der Waals surface area contributed by atoms with Gasteiger partial charge in [0, 0.05) is 12.1 Å². The number of aryl methyl sites for hydroxylation is 1. The molecule has 3 N–H and O–H groups in total. The number of hydrogen-bond donors (Lipinski definition) is 2. The number of nitrogens with one attached hydrogen (secondary N) is 1. The summed E-state index contributed by atoms with van der Waals surface area (Å²) in [6, 6.07) is 4.67. The summed E-state index contributed by atoms with van der Waals surface area (Å²) < 4.78 is 0. The molecule has 0 radical (unpaired) electrons. The van der Waals surface area contributed by atoms with Gasteiger partial charge >= 0.3 is 0 Å². The maximum atomic E-state index is 11.4. The lowest BCUT2D eigenvalue weighted by molar-refractivity contribution is -0.117. The molecule has 1 atom stereocenters. The zero-order chi connectivity index (χ0) is 11.3. The number of amides is 1. The average molecular weight is 203 g/mol. The fourth-order valence-electron chi connectivity index (χ4n) is 1.05. The molecule has 0 saturated carbocycles. The van der Waals surface area contributed by atoms with Crippen molar-refractivity contribution >= 4 is 11.7 Å². The first kappa shape index (κ1) is 11.2. The molecule has 0 saturated heterocycles. The van der Waals surface area contributed by atoms with Crippen LogP contribution in [0.5, 0.6) is 0 Å². The summed E-state index contributed by atoms with van der Waals surface area (Å²) in [6.07, 6.45) is 5.28. The van der Waals surface area contributed by atoms with Gasteiger partial charge in [0.2, 0.25) is 5.91 Å². The lowest BCUT2D eigenvalue weighted by Crippen LogP contribution is -2.35. The van der Waals surface area contributed by atoms with Gasteiger partial charge in [-0.15, -0.1) is 12.3 Å². The Morgan fingerprint density at radius 2 is 2.47 bits per heavy atom. The number of pyridine rings is 1. The minimum Gasteiger partial charge on any atom is -0.319 e. The molecule has 0 aliphatic rings. The van der Waals surface area contributed by atoms with E-state index < -0.39 is 6.04 Å². The van der Waals surface area contributed by atoms with Crippen LogP contribution >= 0.6 is 0 Å². The van der Waals surface area contributed by atoms with E-state index in [1.54, 1.807) is 6.07 Å². The van der Waals surface area contributed by atoms with E-state index in [1.807, 2.05) is 19.1 Å². The monoisotopic (exact) mass is 203 g/mol. The summed E-state index contributed by atoms with van der Waals surface area (Å²) in [5, 5.41) is 2.60. The van der Waals surface area contributed by atoms with Gasteiger partial charge in [0.05, 0.1) is 6.04 Å². The quantitative estimate of drug-likeness (QED) is 0.710. The third-order valence-electron chi connectivity index (χ3n) is 1.81. The molecule has 0 bridgehead atoms. The van der Waals surface area contributed by atoms with E-state index in [-0.39, 0.29) is 12.3 Å². The predicted molar refractivity (Wildman–Crippen MR) is 59.0 cm³/mol. The van der Waals surface area contributed by atoms with Gasteiger partial charge in [-0.1, -0.05) is 6.07 Å². The molecule has 0 aliphatic heterocycles. The molecule has 1 heterocycles. The Morgan fingerprint density at radius 3 is 3.07 bits per heavy atom. The SMILES string of the molecule is C#CCC(N)C(=O)Nc1cccc(C)n1. The Morgan fingerprint density at radius 1 is 1.73 bits per heavy atom. The van der Waals surface area contributed by atoms with Crippen LogP contribution in [0.15, 0.2) is 18.2 Å². The Bertz CT molecular complexity index is 395. The van der Waals surface area contributed by atoms with E-state index in [9.17, 15) is 4.79 Å². The molecule has 4 heteroatoms. The van der Waals surface area contributed by atoms with E-state index in [0.29, 0.717) is 5.82 Å². The molecule has 1 rings (SSSR count). The summed E-state index contributed by atoms with van der Waals surface area (Å²) in [5.74, 6) is 2.52. The molecule has 1 aromatic rings. The minimum absolute atomic E-state index is 0.220. The van der Waals surface area contributed by atoms with Crippen LogP contribution in [0, 0.1) is 19.3 Å². The standard InChI is InChI=1S/C11H13N3O/c1-3-5-9(12)11(15)14-10-7-4-6-8(2)13-10/h1,4,6-7,9H,5,12H2,2H3,(H,13,14,15). The van der Waals surface area contributed by atoms with Gasteiger partial charge in [0.1, 0.15) is 5.82 Å². The summed E-state index contributed by atoms with van der Waals surface area (Å²) in [4.78, 5) is 15.6. The normalized spacial score (nSPS) is 11.5. The van der Waals surface area contributed by atoms with Crippen molar-refractivity contribution in [2.45, 2.75) is 19.4 Å². The lowest BCUT2D eigenvalue weighted by atomic mass is 10.2. The number of nitrogens with zero attached hydrogens (tertiary/aromatic N) is 1. The number of nitrogens with two attached hydrogens (primary N) is 1. The molecule has 1 unspecified atom stereocenters. The van der Waals surface area contributed by atoms with Crippen LogP contribution in [-0.2, 0) is 4.79 Å². The molecule has 0 aliphatic carbocycles. The average Bonchev–Trinajstić information content (AvgIpc) is 2.18. The summed E-state index contributed by atoms with van der Waals surface area (Å²) in [6.45, 7) is 1.84.